The molecule has 3 N–H and O–H groups in total. The second-order valence-electron chi connectivity index (χ2n) is 13.4. The minimum absolute atomic E-state index is 0.164. The monoisotopic (exact) mass is 613 g/mol. The maximum absolute atomic E-state index is 13.9. The van der Waals surface area contributed by atoms with Crippen molar-refractivity contribution in [3.05, 3.63) is 112 Å². The van der Waals surface area contributed by atoms with E-state index in [0.29, 0.717) is 25.1 Å². The summed E-state index contributed by atoms with van der Waals surface area (Å²) >= 11 is 0. The lowest BCUT2D eigenvalue weighted by Gasteiger charge is -2.61. The summed E-state index contributed by atoms with van der Waals surface area (Å²) in [6.07, 6.45) is 1.37. The van der Waals surface area contributed by atoms with E-state index in [4.69, 9.17) is 0 Å². The number of piperidine rings is 1. The van der Waals surface area contributed by atoms with E-state index >= 15 is 0 Å². The number of non-ortho nitro benzene ring substituents is 1. The third-order valence-electron chi connectivity index (χ3n) is 11.1. The summed E-state index contributed by atoms with van der Waals surface area (Å²) in [5.74, 6) is -3.10. The Bertz CT molecular complexity index is 1510. The molecular weight excluding hydrogens is 570 g/mol. The van der Waals surface area contributed by atoms with Gasteiger partial charge in [0.2, 0.25) is 0 Å². The highest BCUT2D eigenvalue weighted by Gasteiger charge is 2.71. The van der Waals surface area contributed by atoms with Crippen molar-refractivity contribution >= 4 is 17.6 Å². The van der Waals surface area contributed by atoms with Crippen LogP contribution in [0.1, 0.15) is 69.1 Å². The van der Waals surface area contributed by atoms with Crippen molar-refractivity contribution in [2.24, 2.45) is 16.2 Å². The van der Waals surface area contributed by atoms with E-state index in [2.05, 4.69) is 34.5 Å². The van der Waals surface area contributed by atoms with E-state index in [-0.39, 0.29) is 11.6 Å². The van der Waals surface area contributed by atoms with Gasteiger partial charge in [0.05, 0.1) is 15.8 Å². The van der Waals surface area contributed by atoms with Gasteiger partial charge in [-0.3, -0.25) is 19.7 Å². The zero-order valence-electron chi connectivity index (χ0n) is 26.3. The van der Waals surface area contributed by atoms with E-state index in [1.54, 1.807) is 19.9 Å². The highest BCUT2D eigenvalue weighted by Crippen LogP contribution is 2.64. The maximum atomic E-state index is 13.9. The van der Waals surface area contributed by atoms with Crippen LogP contribution in [0.2, 0.25) is 0 Å². The summed E-state index contributed by atoms with van der Waals surface area (Å²) in [6.45, 7) is 8.99. The first-order valence-electron chi connectivity index (χ1n) is 15.7. The minimum Gasteiger partial charge on any atom is -0.481 e. The lowest BCUT2D eigenvalue weighted by molar-refractivity contribution is -0.385. The van der Waals surface area contributed by atoms with E-state index in [1.165, 1.54) is 29.3 Å². The number of hydrogen-bond acceptors (Lipinski definition) is 6. The topological polar surface area (TPSA) is 133 Å². The average Bonchev–Trinajstić information content (AvgIpc) is 3.41. The molecule has 2 fully saturated rings. The van der Waals surface area contributed by atoms with Gasteiger partial charge in [-0.25, -0.2) is 0 Å². The molecule has 3 aromatic rings. The molecule has 2 aliphatic rings. The van der Waals surface area contributed by atoms with Gasteiger partial charge in [0, 0.05) is 42.6 Å². The molecule has 0 radical (unpaired) electrons. The molecule has 3 aromatic carbocycles. The largest absolute Gasteiger partial charge is 0.481 e. The van der Waals surface area contributed by atoms with Crippen LogP contribution in [0.4, 0.5) is 5.69 Å². The van der Waals surface area contributed by atoms with Crippen LogP contribution in [-0.4, -0.2) is 63.7 Å². The third kappa shape index (κ3) is 5.42. The molecule has 0 aromatic heterocycles. The fraction of sp³-hybridized carbons (Fsp3) is 0.444. The Morgan fingerprint density at radius 3 is 2.07 bits per heavy atom. The predicted molar refractivity (Wildman–Crippen MR) is 172 cm³/mol. The standard InChI is InChI=1S/C36H43N3O6/c1-24-35(4,32(40)41)31(28-16-11-17-29(22-28)39(44)45)36(33(42)43,25(2)37-24)34(3)19-21-38(23-34)20-18-30(26-12-7-5-8-13-26)27-14-9-6-10-15-27/h5-17,22,24-25,30-31,37H,18-21,23H2,1-4H3,(H,40,41)(H,42,43)/t24?,25?,31-,34?,35?,36?/m0/s1. The molecule has 6 atom stereocenters. The van der Waals surface area contributed by atoms with Gasteiger partial charge >= 0.3 is 11.9 Å². The molecular formula is C36H43N3O6. The number of likely N-dealkylation sites (tertiary alicyclic amines) is 1. The first-order valence-corrected chi connectivity index (χ1v) is 15.7. The maximum Gasteiger partial charge on any atom is 0.312 e. The van der Waals surface area contributed by atoms with Crippen LogP contribution in [0.3, 0.4) is 0 Å². The summed E-state index contributed by atoms with van der Waals surface area (Å²) in [6, 6.07) is 25.4. The Morgan fingerprint density at radius 2 is 1.53 bits per heavy atom. The van der Waals surface area contributed by atoms with Crippen molar-refractivity contribution in [1.82, 2.24) is 10.2 Å². The lowest BCUT2D eigenvalue weighted by atomic mass is 9.44. The lowest BCUT2D eigenvalue weighted by Crippen LogP contribution is -2.73. The summed E-state index contributed by atoms with van der Waals surface area (Å²) in [7, 11) is 0. The molecule has 0 amide bonds. The Hall–Kier alpha value is -4.08. The Labute approximate surface area is 264 Å². The highest BCUT2D eigenvalue weighted by molar-refractivity contribution is 5.85. The van der Waals surface area contributed by atoms with Crippen LogP contribution >= 0.6 is 0 Å². The van der Waals surface area contributed by atoms with Gasteiger partial charge in [0.15, 0.2) is 0 Å². The molecule has 5 unspecified atom stereocenters. The van der Waals surface area contributed by atoms with Crippen LogP contribution in [-0.2, 0) is 9.59 Å². The number of aliphatic carboxylic acids is 2. The molecule has 2 saturated heterocycles. The van der Waals surface area contributed by atoms with Crippen molar-refractivity contribution in [3.8, 4) is 0 Å². The number of benzene rings is 3. The quantitative estimate of drug-likeness (QED) is 0.183. The number of nitro benzene ring substituents is 1. The number of nitro groups is 1. The van der Waals surface area contributed by atoms with Gasteiger partial charge in [0.1, 0.15) is 0 Å². The van der Waals surface area contributed by atoms with Crippen LogP contribution < -0.4 is 5.32 Å². The molecule has 238 valence electrons. The predicted octanol–water partition coefficient (Wildman–Crippen LogP) is 6.15. The molecule has 5 rings (SSSR count). The first-order chi connectivity index (χ1) is 21.4. The smallest absolute Gasteiger partial charge is 0.312 e. The van der Waals surface area contributed by atoms with Gasteiger partial charge < -0.3 is 20.4 Å². The van der Waals surface area contributed by atoms with Crippen LogP contribution in [0.15, 0.2) is 84.9 Å². The second kappa shape index (κ2) is 12.4. The Kier molecular flexibility index (Phi) is 8.88. The van der Waals surface area contributed by atoms with E-state index < -0.39 is 51.1 Å². The van der Waals surface area contributed by atoms with E-state index in [9.17, 15) is 29.9 Å². The molecule has 0 bridgehead atoms. The first kappa shape index (κ1) is 32.3. The summed E-state index contributed by atoms with van der Waals surface area (Å²) < 4.78 is 0. The highest BCUT2D eigenvalue weighted by atomic mass is 16.6. The van der Waals surface area contributed by atoms with Gasteiger partial charge in [-0.05, 0) is 68.8 Å². The van der Waals surface area contributed by atoms with Gasteiger partial charge in [-0.2, -0.15) is 0 Å². The molecule has 0 saturated carbocycles. The summed E-state index contributed by atoms with van der Waals surface area (Å²) in [5.41, 5.74) is -1.40. The minimum atomic E-state index is -1.59. The SMILES string of the molecule is CC1NC(C)C(C(=O)O)(C2(C)CCN(CCC(c3ccccc3)c3ccccc3)C2)[C@@H](c2cccc([N+](=O)[O-])c2)C1(C)C(=O)O. The second-order valence-corrected chi connectivity index (χ2v) is 13.4. The zero-order valence-corrected chi connectivity index (χ0v) is 26.3. The van der Waals surface area contributed by atoms with E-state index in [1.807, 2.05) is 50.2 Å². The number of nitrogens with zero attached hydrogens (tertiary/aromatic N) is 2. The van der Waals surface area contributed by atoms with Crippen molar-refractivity contribution < 1.29 is 24.7 Å². The summed E-state index contributed by atoms with van der Waals surface area (Å²) in [4.78, 5) is 40.6. The van der Waals surface area contributed by atoms with Crippen molar-refractivity contribution in [2.75, 3.05) is 19.6 Å². The van der Waals surface area contributed by atoms with Gasteiger partial charge in [-0.1, -0.05) is 79.7 Å². The fourth-order valence-electron chi connectivity index (χ4n) is 8.62. The van der Waals surface area contributed by atoms with Crippen LogP contribution in [0.25, 0.3) is 0 Å². The molecule has 0 aliphatic carbocycles. The molecule has 45 heavy (non-hydrogen) atoms. The molecule has 9 heteroatoms. The van der Waals surface area contributed by atoms with E-state index in [0.717, 1.165) is 13.0 Å². The Balaban J connectivity index is 1.55. The number of carbonyl (C=O) groups is 2. The molecule has 9 nitrogen and oxygen atoms in total. The number of rotatable bonds is 10. The molecule has 2 heterocycles. The molecule has 0 spiro atoms. The van der Waals surface area contributed by atoms with Crippen LogP contribution in [0.5, 0.6) is 0 Å². The molecule has 2 aliphatic heterocycles. The Morgan fingerprint density at radius 1 is 0.933 bits per heavy atom. The normalized spacial score (nSPS) is 30.3. The average molecular weight is 614 g/mol. The third-order valence-corrected chi connectivity index (χ3v) is 11.1. The van der Waals surface area contributed by atoms with Crippen molar-refractivity contribution in [2.45, 2.75) is 64.5 Å². The fourth-order valence-corrected chi connectivity index (χ4v) is 8.62. The summed E-state index contributed by atoms with van der Waals surface area (Å²) in [5, 5.41) is 37.2. The number of nitrogens with one attached hydrogen (secondary N) is 1. The van der Waals surface area contributed by atoms with Gasteiger partial charge in [-0.15, -0.1) is 0 Å². The number of hydrogen-bond donors (Lipinski definition) is 3. The number of carboxylic acid groups (broad SMARTS) is 2. The zero-order chi connectivity index (χ0) is 32.6. The van der Waals surface area contributed by atoms with Crippen molar-refractivity contribution in [3.63, 3.8) is 0 Å². The number of carboxylic acids is 2. The van der Waals surface area contributed by atoms with Crippen LogP contribution in [0, 0.1) is 26.4 Å². The van der Waals surface area contributed by atoms with Gasteiger partial charge in [0.25, 0.3) is 5.69 Å². The van der Waals surface area contributed by atoms with Crippen molar-refractivity contribution in [1.29, 1.82) is 0 Å².